The quantitative estimate of drug-likeness (QED) is 0.683. The third-order valence-electron chi connectivity index (χ3n) is 4.83. The number of carbonyl (C=O) groups excluding carboxylic acids is 1. The van der Waals surface area contributed by atoms with Gasteiger partial charge in [0.1, 0.15) is 5.75 Å². The number of benzene rings is 2. The maximum atomic E-state index is 12.0. The summed E-state index contributed by atoms with van der Waals surface area (Å²) in [5.41, 5.74) is 4.44. The van der Waals surface area contributed by atoms with Crippen molar-refractivity contribution in [2.45, 2.75) is 19.1 Å². The number of carbonyl (C=O) groups is 1. The lowest BCUT2D eigenvalue weighted by atomic mass is 9.95. The number of methoxy groups -OCH3 is 1. The van der Waals surface area contributed by atoms with Gasteiger partial charge in [-0.2, -0.15) is 0 Å². The predicted octanol–water partition coefficient (Wildman–Crippen LogP) is 4.32. The molecule has 3 aromatic rings. The molecule has 1 fully saturated rings. The fraction of sp³-hybridized carbons (Fsp3) is 0.167. The van der Waals surface area contributed by atoms with E-state index in [1.54, 1.807) is 13.3 Å². The molecule has 2 aromatic carbocycles. The van der Waals surface area contributed by atoms with Gasteiger partial charge in [0.15, 0.2) is 6.10 Å². The number of nitrogens with one attached hydrogen (secondary N) is 1. The summed E-state index contributed by atoms with van der Waals surface area (Å²) in [4.78, 5) is 16.3. The van der Waals surface area contributed by atoms with Crippen LogP contribution in [0.4, 0.5) is 4.79 Å². The minimum atomic E-state index is -0.443. The average molecular weight is 384 g/mol. The van der Waals surface area contributed by atoms with Crippen LogP contribution in [0.25, 0.3) is 0 Å². The standard InChI is InChI=1S/C24H20N2O3/c1-16-18(9-5-13-25-16)12-11-17-6-3-7-19(14-17)22-23(29-24(27)26-22)20-8-4-10-21(15-20)28-2/h3-10,13-15,22-23H,1-2H3,(H,26,27)/t22-,23-/m1/s1. The van der Waals surface area contributed by atoms with E-state index >= 15 is 0 Å². The molecule has 5 nitrogen and oxygen atoms in total. The normalized spacial score (nSPS) is 17.7. The van der Waals surface area contributed by atoms with Crippen molar-refractivity contribution in [3.8, 4) is 17.6 Å². The van der Waals surface area contributed by atoms with Crippen molar-refractivity contribution in [2.75, 3.05) is 7.11 Å². The molecule has 1 saturated heterocycles. The molecule has 2 heterocycles. The van der Waals surface area contributed by atoms with Gasteiger partial charge in [-0.15, -0.1) is 0 Å². The highest BCUT2D eigenvalue weighted by molar-refractivity contribution is 5.71. The number of cyclic esters (lactones) is 1. The Hall–Kier alpha value is -3.78. The highest BCUT2D eigenvalue weighted by atomic mass is 16.6. The Morgan fingerprint density at radius 2 is 1.86 bits per heavy atom. The molecule has 1 aromatic heterocycles. The lowest BCUT2D eigenvalue weighted by molar-refractivity contribution is 0.132. The van der Waals surface area contributed by atoms with E-state index < -0.39 is 12.2 Å². The molecule has 5 heteroatoms. The molecule has 1 aliphatic rings. The molecule has 0 saturated carbocycles. The first-order chi connectivity index (χ1) is 14.1. The molecule has 29 heavy (non-hydrogen) atoms. The van der Waals surface area contributed by atoms with Crippen LogP contribution in [0.2, 0.25) is 0 Å². The zero-order valence-electron chi connectivity index (χ0n) is 16.2. The van der Waals surface area contributed by atoms with Gasteiger partial charge in [0.05, 0.1) is 18.8 Å². The Morgan fingerprint density at radius 3 is 2.69 bits per heavy atom. The van der Waals surface area contributed by atoms with Crippen LogP contribution in [0.15, 0.2) is 66.9 Å². The van der Waals surface area contributed by atoms with Gasteiger partial charge in [0, 0.05) is 17.3 Å². The number of alkyl carbamates (subject to hydrolysis) is 1. The summed E-state index contributed by atoms with van der Waals surface area (Å²) >= 11 is 0. The topological polar surface area (TPSA) is 60.5 Å². The third kappa shape index (κ3) is 4.07. The van der Waals surface area contributed by atoms with Crippen molar-refractivity contribution in [1.29, 1.82) is 0 Å². The van der Waals surface area contributed by atoms with E-state index in [1.807, 2.05) is 67.6 Å². The monoisotopic (exact) mass is 384 g/mol. The fourth-order valence-electron chi connectivity index (χ4n) is 3.32. The Morgan fingerprint density at radius 1 is 1.03 bits per heavy atom. The average Bonchev–Trinajstić information content (AvgIpc) is 3.15. The molecule has 144 valence electrons. The van der Waals surface area contributed by atoms with Crippen molar-refractivity contribution in [1.82, 2.24) is 10.3 Å². The van der Waals surface area contributed by atoms with Crippen LogP contribution in [0, 0.1) is 18.8 Å². The number of nitrogens with zero attached hydrogens (tertiary/aromatic N) is 1. The van der Waals surface area contributed by atoms with E-state index in [4.69, 9.17) is 9.47 Å². The first kappa shape index (κ1) is 18.6. The lowest BCUT2D eigenvalue weighted by Gasteiger charge is -2.18. The summed E-state index contributed by atoms with van der Waals surface area (Å²) in [5, 5.41) is 2.91. The van der Waals surface area contributed by atoms with E-state index in [-0.39, 0.29) is 6.04 Å². The van der Waals surface area contributed by atoms with Crippen LogP contribution in [-0.2, 0) is 4.74 Å². The van der Waals surface area contributed by atoms with Gasteiger partial charge in [-0.1, -0.05) is 36.1 Å². The number of hydrogen-bond donors (Lipinski definition) is 1. The Bertz CT molecular complexity index is 1110. The van der Waals surface area contributed by atoms with Gasteiger partial charge in [0.2, 0.25) is 0 Å². The Balaban J connectivity index is 1.64. The van der Waals surface area contributed by atoms with Gasteiger partial charge in [-0.05, 0) is 54.4 Å². The van der Waals surface area contributed by atoms with Gasteiger partial charge >= 0.3 is 6.09 Å². The highest BCUT2D eigenvalue weighted by Crippen LogP contribution is 2.37. The van der Waals surface area contributed by atoms with Gasteiger partial charge in [-0.3, -0.25) is 4.98 Å². The molecule has 0 aliphatic carbocycles. The second kappa shape index (κ2) is 8.07. The summed E-state index contributed by atoms with van der Waals surface area (Å²) in [5.74, 6) is 7.07. The van der Waals surface area contributed by atoms with Crippen LogP contribution >= 0.6 is 0 Å². The third-order valence-corrected chi connectivity index (χ3v) is 4.83. The smallest absolute Gasteiger partial charge is 0.408 e. The second-order valence-corrected chi connectivity index (χ2v) is 6.74. The molecule has 0 bridgehead atoms. The van der Waals surface area contributed by atoms with Crippen molar-refractivity contribution in [3.63, 3.8) is 0 Å². The number of rotatable bonds is 3. The number of amides is 1. The minimum absolute atomic E-state index is 0.309. The molecule has 0 spiro atoms. The number of aryl methyl sites for hydroxylation is 1. The fourth-order valence-corrected chi connectivity index (χ4v) is 3.32. The summed E-state index contributed by atoms with van der Waals surface area (Å²) in [6, 6.07) is 18.9. The first-order valence-corrected chi connectivity index (χ1v) is 9.29. The zero-order chi connectivity index (χ0) is 20.2. The van der Waals surface area contributed by atoms with Crippen molar-refractivity contribution < 1.29 is 14.3 Å². The zero-order valence-corrected chi connectivity index (χ0v) is 16.2. The Labute approximate surface area is 169 Å². The summed E-state index contributed by atoms with van der Waals surface area (Å²) in [6.45, 7) is 1.94. The summed E-state index contributed by atoms with van der Waals surface area (Å²) < 4.78 is 10.8. The van der Waals surface area contributed by atoms with Crippen molar-refractivity contribution in [2.24, 2.45) is 0 Å². The predicted molar refractivity (Wildman–Crippen MR) is 109 cm³/mol. The van der Waals surface area contributed by atoms with Crippen LogP contribution in [0.1, 0.15) is 40.1 Å². The van der Waals surface area contributed by atoms with Crippen molar-refractivity contribution >= 4 is 6.09 Å². The lowest BCUT2D eigenvalue weighted by Crippen LogP contribution is -2.19. The largest absolute Gasteiger partial charge is 0.497 e. The summed E-state index contributed by atoms with van der Waals surface area (Å²) in [6.07, 6.45) is 0.870. The molecule has 0 radical (unpaired) electrons. The maximum Gasteiger partial charge on any atom is 0.408 e. The molecular formula is C24H20N2O3. The first-order valence-electron chi connectivity index (χ1n) is 9.29. The van der Waals surface area contributed by atoms with E-state index in [0.717, 1.165) is 33.7 Å². The SMILES string of the molecule is COc1cccc([C@H]2OC(=O)N[C@@H]2c2cccc(C#Cc3cccnc3C)c2)c1. The Kier molecular flexibility index (Phi) is 5.17. The van der Waals surface area contributed by atoms with Gasteiger partial charge in [-0.25, -0.2) is 4.79 Å². The molecule has 1 aliphatic heterocycles. The van der Waals surface area contributed by atoms with E-state index in [1.165, 1.54) is 0 Å². The molecule has 4 rings (SSSR count). The molecule has 1 N–H and O–H groups in total. The van der Waals surface area contributed by atoms with Gasteiger partial charge < -0.3 is 14.8 Å². The van der Waals surface area contributed by atoms with E-state index in [0.29, 0.717) is 0 Å². The second-order valence-electron chi connectivity index (χ2n) is 6.74. The molecule has 1 amide bonds. The number of hydrogen-bond acceptors (Lipinski definition) is 4. The highest BCUT2D eigenvalue weighted by Gasteiger charge is 2.36. The van der Waals surface area contributed by atoms with E-state index in [9.17, 15) is 4.79 Å². The molecule has 2 atom stereocenters. The molecular weight excluding hydrogens is 364 g/mol. The van der Waals surface area contributed by atoms with Crippen LogP contribution in [0.3, 0.4) is 0 Å². The summed E-state index contributed by atoms with van der Waals surface area (Å²) in [7, 11) is 1.61. The van der Waals surface area contributed by atoms with Crippen molar-refractivity contribution in [3.05, 3.63) is 94.8 Å². The van der Waals surface area contributed by atoms with Gasteiger partial charge in [0.25, 0.3) is 0 Å². The van der Waals surface area contributed by atoms with E-state index in [2.05, 4.69) is 22.1 Å². The minimum Gasteiger partial charge on any atom is -0.497 e. The number of pyridine rings is 1. The van der Waals surface area contributed by atoms with Crippen LogP contribution < -0.4 is 10.1 Å². The van der Waals surface area contributed by atoms with Crippen LogP contribution in [-0.4, -0.2) is 18.2 Å². The maximum absolute atomic E-state index is 12.0. The van der Waals surface area contributed by atoms with Crippen LogP contribution in [0.5, 0.6) is 5.75 Å². The number of aromatic nitrogens is 1. The number of ether oxygens (including phenoxy) is 2. The molecule has 0 unspecified atom stereocenters.